The SMILES string of the molecule is O=c1ccc(S(=O)(=O)Nc2cc(F)cc([N+](=O)[O-])c2)c[nH]1. The molecular weight excluding hydrogens is 305 g/mol. The minimum Gasteiger partial charge on any atom is -0.328 e. The van der Waals surface area contributed by atoms with Crippen LogP contribution in [0.25, 0.3) is 0 Å². The van der Waals surface area contributed by atoms with Gasteiger partial charge in [-0.25, -0.2) is 12.8 Å². The summed E-state index contributed by atoms with van der Waals surface area (Å²) in [4.78, 5) is 22.5. The Morgan fingerprint density at radius 2 is 1.95 bits per heavy atom. The fourth-order valence-corrected chi connectivity index (χ4v) is 2.52. The third-order valence-corrected chi connectivity index (χ3v) is 3.79. The average Bonchev–Trinajstić information content (AvgIpc) is 2.37. The number of nitro benzene ring substituents is 1. The summed E-state index contributed by atoms with van der Waals surface area (Å²) in [5.74, 6) is -0.955. The van der Waals surface area contributed by atoms with Crippen molar-refractivity contribution in [1.82, 2.24) is 4.98 Å². The van der Waals surface area contributed by atoms with Gasteiger partial charge in [0.05, 0.1) is 16.7 Å². The van der Waals surface area contributed by atoms with Gasteiger partial charge in [0.25, 0.3) is 15.7 Å². The smallest absolute Gasteiger partial charge is 0.274 e. The lowest BCUT2D eigenvalue weighted by Crippen LogP contribution is -2.15. The Balaban J connectivity index is 2.39. The van der Waals surface area contributed by atoms with Crippen molar-refractivity contribution in [1.29, 1.82) is 0 Å². The first-order valence-corrected chi connectivity index (χ1v) is 6.93. The molecule has 2 rings (SSSR count). The molecule has 2 aromatic rings. The summed E-state index contributed by atoms with van der Waals surface area (Å²) in [6, 6.07) is 4.40. The summed E-state index contributed by atoms with van der Waals surface area (Å²) in [6.45, 7) is 0. The highest BCUT2D eigenvalue weighted by molar-refractivity contribution is 7.92. The molecule has 8 nitrogen and oxygen atoms in total. The summed E-state index contributed by atoms with van der Waals surface area (Å²) in [5, 5.41) is 10.6. The molecule has 0 radical (unpaired) electrons. The van der Waals surface area contributed by atoms with E-state index < -0.39 is 32.0 Å². The number of hydrogen-bond acceptors (Lipinski definition) is 5. The van der Waals surface area contributed by atoms with Crippen LogP contribution in [0.1, 0.15) is 0 Å². The maximum atomic E-state index is 13.2. The van der Waals surface area contributed by atoms with Crippen LogP contribution in [0.3, 0.4) is 0 Å². The maximum Gasteiger partial charge on any atom is 0.274 e. The largest absolute Gasteiger partial charge is 0.328 e. The zero-order valence-corrected chi connectivity index (χ0v) is 11.1. The number of halogens is 1. The monoisotopic (exact) mass is 313 g/mol. The lowest BCUT2D eigenvalue weighted by atomic mass is 10.3. The van der Waals surface area contributed by atoms with Gasteiger partial charge in [-0.05, 0) is 12.1 Å². The van der Waals surface area contributed by atoms with Crippen molar-refractivity contribution in [3.05, 3.63) is 62.8 Å². The molecule has 0 aliphatic heterocycles. The van der Waals surface area contributed by atoms with Gasteiger partial charge in [0.15, 0.2) is 0 Å². The number of benzene rings is 1. The van der Waals surface area contributed by atoms with Gasteiger partial charge in [0.1, 0.15) is 10.7 Å². The molecule has 0 aliphatic rings. The van der Waals surface area contributed by atoms with Crippen LogP contribution in [-0.4, -0.2) is 18.3 Å². The minimum atomic E-state index is -4.10. The summed E-state index contributed by atoms with van der Waals surface area (Å²) in [5.41, 5.74) is -1.38. The molecule has 21 heavy (non-hydrogen) atoms. The van der Waals surface area contributed by atoms with E-state index in [1.165, 1.54) is 0 Å². The number of sulfonamides is 1. The molecule has 0 atom stereocenters. The van der Waals surface area contributed by atoms with Crippen LogP contribution in [0.2, 0.25) is 0 Å². The molecule has 0 spiro atoms. The van der Waals surface area contributed by atoms with Crippen LogP contribution >= 0.6 is 0 Å². The second kappa shape index (κ2) is 5.32. The number of anilines is 1. The highest BCUT2D eigenvalue weighted by Gasteiger charge is 2.17. The average molecular weight is 313 g/mol. The Morgan fingerprint density at radius 3 is 2.52 bits per heavy atom. The Labute approximate surface area is 117 Å². The van der Waals surface area contributed by atoms with Crippen molar-refractivity contribution >= 4 is 21.4 Å². The van der Waals surface area contributed by atoms with Crippen LogP contribution in [0.15, 0.2) is 46.2 Å². The predicted octanol–water partition coefficient (Wildman–Crippen LogP) is 1.22. The van der Waals surface area contributed by atoms with E-state index in [1.807, 2.05) is 4.72 Å². The maximum absolute atomic E-state index is 13.2. The number of pyridine rings is 1. The molecule has 1 aromatic carbocycles. The third-order valence-electron chi connectivity index (χ3n) is 2.41. The number of rotatable bonds is 4. The standard InChI is InChI=1S/C11H8FN3O5S/c12-7-3-8(5-9(4-7)15(17)18)14-21(19,20)10-1-2-11(16)13-6-10/h1-6,14H,(H,13,16). The third kappa shape index (κ3) is 3.42. The molecule has 2 N–H and O–H groups in total. The molecule has 1 heterocycles. The number of nitrogens with one attached hydrogen (secondary N) is 2. The van der Waals surface area contributed by atoms with Gasteiger partial charge >= 0.3 is 0 Å². The lowest BCUT2D eigenvalue weighted by molar-refractivity contribution is -0.385. The van der Waals surface area contributed by atoms with Gasteiger partial charge in [-0.15, -0.1) is 0 Å². The number of aromatic amines is 1. The fraction of sp³-hybridized carbons (Fsp3) is 0. The van der Waals surface area contributed by atoms with Gasteiger partial charge in [0, 0.05) is 18.3 Å². The molecule has 0 fully saturated rings. The highest BCUT2D eigenvalue weighted by Crippen LogP contribution is 2.22. The van der Waals surface area contributed by atoms with E-state index in [2.05, 4.69) is 4.98 Å². The molecule has 0 amide bonds. The zero-order chi connectivity index (χ0) is 15.6. The quantitative estimate of drug-likeness (QED) is 0.649. The van der Waals surface area contributed by atoms with E-state index in [-0.39, 0.29) is 10.6 Å². The van der Waals surface area contributed by atoms with Crippen molar-refractivity contribution in [2.75, 3.05) is 4.72 Å². The summed E-state index contributed by atoms with van der Waals surface area (Å²) in [6.07, 6.45) is 0.957. The van der Waals surface area contributed by atoms with Crippen molar-refractivity contribution in [3.63, 3.8) is 0 Å². The van der Waals surface area contributed by atoms with Crippen molar-refractivity contribution in [3.8, 4) is 0 Å². The normalized spacial score (nSPS) is 11.1. The zero-order valence-electron chi connectivity index (χ0n) is 10.2. The van der Waals surface area contributed by atoms with Gasteiger partial charge in [-0.2, -0.15) is 0 Å². The second-order valence-electron chi connectivity index (χ2n) is 3.95. The van der Waals surface area contributed by atoms with Crippen LogP contribution in [0.5, 0.6) is 0 Å². The van der Waals surface area contributed by atoms with Crippen molar-refractivity contribution in [2.24, 2.45) is 0 Å². The van der Waals surface area contributed by atoms with Gasteiger partial charge in [-0.3, -0.25) is 19.6 Å². The molecule has 110 valence electrons. The van der Waals surface area contributed by atoms with Gasteiger partial charge in [0.2, 0.25) is 5.56 Å². The first kappa shape index (κ1) is 14.7. The van der Waals surface area contributed by atoms with E-state index >= 15 is 0 Å². The molecule has 0 saturated carbocycles. The van der Waals surface area contributed by atoms with E-state index in [9.17, 15) is 27.7 Å². The number of nitro groups is 1. The molecule has 0 bridgehead atoms. The molecular formula is C11H8FN3O5S. The second-order valence-corrected chi connectivity index (χ2v) is 5.63. The predicted molar refractivity (Wildman–Crippen MR) is 70.9 cm³/mol. The Morgan fingerprint density at radius 1 is 1.24 bits per heavy atom. The number of non-ortho nitro benzene ring substituents is 1. The number of H-pyrrole nitrogens is 1. The van der Waals surface area contributed by atoms with E-state index in [4.69, 9.17) is 0 Å². The summed E-state index contributed by atoms with van der Waals surface area (Å²) >= 11 is 0. The number of hydrogen-bond donors (Lipinski definition) is 2. The molecule has 0 aliphatic carbocycles. The van der Waals surface area contributed by atoms with E-state index in [0.717, 1.165) is 30.5 Å². The van der Waals surface area contributed by atoms with Crippen LogP contribution in [0.4, 0.5) is 15.8 Å². The number of aromatic nitrogens is 1. The van der Waals surface area contributed by atoms with Gasteiger partial charge < -0.3 is 4.98 Å². The van der Waals surface area contributed by atoms with Crippen LogP contribution in [0, 0.1) is 15.9 Å². The fourth-order valence-electron chi connectivity index (χ4n) is 1.52. The molecule has 1 aromatic heterocycles. The molecule has 0 unspecified atom stereocenters. The summed E-state index contributed by atoms with van der Waals surface area (Å²) < 4.78 is 39.2. The van der Waals surface area contributed by atoms with Crippen LogP contribution < -0.4 is 10.3 Å². The minimum absolute atomic E-state index is 0.269. The van der Waals surface area contributed by atoms with Crippen LogP contribution in [-0.2, 0) is 10.0 Å². The highest BCUT2D eigenvalue weighted by atomic mass is 32.2. The van der Waals surface area contributed by atoms with E-state index in [1.54, 1.807) is 0 Å². The lowest BCUT2D eigenvalue weighted by Gasteiger charge is -2.07. The Kier molecular flexibility index (Phi) is 3.72. The molecule has 10 heteroatoms. The summed E-state index contributed by atoms with van der Waals surface area (Å²) in [7, 11) is -4.10. The Bertz CT molecular complexity index is 842. The molecule has 0 saturated heterocycles. The van der Waals surface area contributed by atoms with Crippen molar-refractivity contribution in [2.45, 2.75) is 4.90 Å². The number of nitrogens with zero attached hydrogens (tertiary/aromatic N) is 1. The van der Waals surface area contributed by atoms with Crippen molar-refractivity contribution < 1.29 is 17.7 Å². The first-order valence-electron chi connectivity index (χ1n) is 5.44. The van der Waals surface area contributed by atoms with E-state index in [0.29, 0.717) is 6.07 Å². The first-order chi connectivity index (χ1) is 9.78. The van der Waals surface area contributed by atoms with Gasteiger partial charge in [-0.1, -0.05) is 0 Å². The Hall–Kier alpha value is -2.75. The topological polar surface area (TPSA) is 122 Å².